The van der Waals surface area contributed by atoms with E-state index in [0.29, 0.717) is 52.7 Å². The van der Waals surface area contributed by atoms with Crippen LogP contribution in [0.25, 0.3) is 16.6 Å². The summed E-state index contributed by atoms with van der Waals surface area (Å²) in [7, 11) is 0. The van der Waals surface area contributed by atoms with Crippen molar-refractivity contribution in [2.24, 2.45) is 0 Å². The summed E-state index contributed by atoms with van der Waals surface area (Å²) in [6, 6.07) is 14.0. The number of nitrogens with zero attached hydrogens (tertiary/aromatic N) is 2. The lowest BCUT2D eigenvalue weighted by Gasteiger charge is -2.26. The number of carbonyl (C=O) groups excluding carboxylic acids is 1. The molecule has 0 amide bonds. The first-order chi connectivity index (χ1) is 16.1. The minimum Gasteiger partial charge on any atom is -0.490 e. The van der Waals surface area contributed by atoms with E-state index in [1.165, 1.54) is 0 Å². The zero-order valence-electron chi connectivity index (χ0n) is 17.3. The van der Waals surface area contributed by atoms with E-state index >= 15 is 0 Å². The van der Waals surface area contributed by atoms with Gasteiger partial charge in [0, 0.05) is 24.0 Å². The number of cyclic esters (lactones) is 1. The smallest absolute Gasteiger partial charge is 0.342 e. The molecule has 2 aromatic carbocycles. The minimum absolute atomic E-state index is 0.173. The molecule has 8 nitrogen and oxygen atoms in total. The van der Waals surface area contributed by atoms with Crippen molar-refractivity contribution in [3.8, 4) is 11.5 Å². The number of aliphatic hydroxyl groups is 1. The highest BCUT2D eigenvalue weighted by molar-refractivity contribution is 7.00. The van der Waals surface area contributed by atoms with Gasteiger partial charge < -0.3 is 23.7 Å². The Hall–Kier alpha value is -3.69. The van der Waals surface area contributed by atoms with Crippen LogP contribution >= 0.6 is 11.7 Å². The number of aromatic nitrogens is 2. The van der Waals surface area contributed by atoms with E-state index < -0.39 is 11.8 Å². The summed E-state index contributed by atoms with van der Waals surface area (Å²) in [4.78, 5) is 13.2. The highest BCUT2D eigenvalue weighted by Gasteiger charge is 2.48. The largest absolute Gasteiger partial charge is 0.490 e. The van der Waals surface area contributed by atoms with Crippen molar-refractivity contribution in [1.82, 2.24) is 8.75 Å². The molecule has 0 saturated carbocycles. The zero-order valence-corrected chi connectivity index (χ0v) is 18.1. The molecule has 0 aliphatic carbocycles. The van der Waals surface area contributed by atoms with Crippen molar-refractivity contribution in [3.05, 3.63) is 77.3 Å². The van der Waals surface area contributed by atoms with Crippen LogP contribution < -0.4 is 9.47 Å². The Balaban J connectivity index is 1.52. The maximum absolute atomic E-state index is 13.2. The van der Waals surface area contributed by atoms with Gasteiger partial charge in [-0.25, -0.2) is 4.79 Å². The number of fused-ring (bicyclic) bond motifs is 2. The van der Waals surface area contributed by atoms with Gasteiger partial charge in [0.2, 0.25) is 0 Å². The molecule has 6 rings (SSSR count). The van der Waals surface area contributed by atoms with Gasteiger partial charge in [-0.2, -0.15) is 8.75 Å². The van der Waals surface area contributed by atoms with Gasteiger partial charge in [-0.15, -0.1) is 0 Å². The maximum Gasteiger partial charge on any atom is 0.342 e. The summed E-state index contributed by atoms with van der Waals surface area (Å²) >= 11 is 1.10. The lowest BCUT2D eigenvalue weighted by Crippen LogP contribution is -2.29. The summed E-state index contributed by atoms with van der Waals surface area (Å²) in [5.74, 6) is -0.963. The Morgan fingerprint density at radius 2 is 1.85 bits per heavy atom. The number of benzene rings is 2. The molecule has 4 heterocycles. The fourth-order valence-electron chi connectivity index (χ4n) is 4.17. The van der Waals surface area contributed by atoms with E-state index in [2.05, 4.69) is 8.75 Å². The van der Waals surface area contributed by atoms with Crippen molar-refractivity contribution < 1.29 is 28.5 Å². The summed E-state index contributed by atoms with van der Waals surface area (Å²) in [5, 5.41) is 11.8. The Kier molecular flexibility index (Phi) is 4.67. The first-order valence-corrected chi connectivity index (χ1v) is 11.2. The third kappa shape index (κ3) is 3.37. The van der Waals surface area contributed by atoms with Crippen LogP contribution in [0.5, 0.6) is 11.5 Å². The predicted molar refractivity (Wildman–Crippen MR) is 119 cm³/mol. The Morgan fingerprint density at radius 1 is 1.00 bits per heavy atom. The molecular formula is C24H18N2O6S. The van der Waals surface area contributed by atoms with Gasteiger partial charge in [0.25, 0.3) is 5.79 Å². The third-order valence-electron chi connectivity index (χ3n) is 5.77. The average Bonchev–Trinajstić information content (AvgIpc) is 3.50. The fraction of sp³-hybridized carbons (Fsp3) is 0.208. The van der Waals surface area contributed by atoms with Gasteiger partial charge in [-0.05, 0) is 48.0 Å². The second-order valence-electron chi connectivity index (χ2n) is 7.82. The summed E-state index contributed by atoms with van der Waals surface area (Å²) in [5.41, 5.74) is 3.01. The number of hydrogen-bond acceptors (Lipinski definition) is 9. The van der Waals surface area contributed by atoms with Crippen molar-refractivity contribution in [3.63, 3.8) is 0 Å². The molecule has 0 spiro atoms. The summed E-state index contributed by atoms with van der Waals surface area (Å²) in [6.45, 7) is 1.05. The second kappa shape index (κ2) is 7.72. The Bertz CT molecular complexity index is 1390. The number of ether oxygens (including phenoxy) is 3. The molecule has 1 N–H and O–H groups in total. The van der Waals surface area contributed by atoms with Crippen LogP contribution in [-0.2, 0) is 21.7 Å². The standard InChI is InChI=1S/C24H18N2O6S/c27-23-22(14-4-6-18-19(11-14)26-33-25-18)17(13-16-3-1-8-29-16)24(28,32-23)15-5-7-20-21(12-15)31-10-2-9-30-20/h1,3-8,11-12,28H,2,9-10,13H2. The molecule has 33 heavy (non-hydrogen) atoms. The SMILES string of the molecule is O=C1OC(O)(c2ccc3c(c2)OCCCO3)C(Cc2ccco2)=C1c1ccc2nsnc2c1. The van der Waals surface area contributed by atoms with Crippen molar-refractivity contribution in [2.45, 2.75) is 18.6 Å². The van der Waals surface area contributed by atoms with Crippen LogP contribution in [0.2, 0.25) is 0 Å². The first-order valence-electron chi connectivity index (χ1n) is 10.5. The number of carbonyl (C=O) groups is 1. The number of furan rings is 1. The average molecular weight is 462 g/mol. The van der Waals surface area contributed by atoms with Gasteiger partial charge in [-0.1, -0.05) is 6.07 Å². The van der Waals surface area contributed by atoms with E-state index in [-0.39, 0.29) is 12.0 Å². The normalized spacial score (nSPS) is 20.2. The summed E-state index contributed by atoms with van der Waals surface area (Å²) < 4.78 is 31.2. The van der Waals surface area contributed by atoms with Gasteiger partial charge in [0.1, 0.15) is 16.8 Å². The van der Waals surface area contributed by atoms with Crippen LogP contribution in [0.3, 0.4) is 0 Å². The van der Waals surface area contributed by atoms with Gasteiger partial charge in [-0.3, -0.25) is 0 Å². The molecular weight excluding hydrogens is 444 g/mol. The molecule has 2 aliphatic rings. The van der Waals surface area contributed by atoms with E-state index in [9.17, 15) is 9.90 Å². The first kappa shape index (κ1) is 20.0. The Morgan fingerprint density at radius 3 is 2.70 bits per heavy atom. The van der Waals surface area contributed by atoms with E-state index in [1.54, 1.807) is 54.8 Å². The third-order valence-corrected chi connectivity index (χ3v) is 6.32. The van der Waals surface area contributed by atoms with E-state index in [1.807, 2.05) is 0 Å². The monoisotopic (exact) mass is 462 g/mol. The zero-order chi connectivity index (χ0) is 22.4. The maximum atomic E-state index is 13.2. The molecule has 2 aliphatic heterocycles. The highest BCUT2D eigenvalue weighted by atomic mass is 32.1. The topological polar surface area (TPSA) is 104 Å². The van der Waals surface area contributed by atoms with E-state index in [0.717, 1.165) is 23.7 Å². The molecule has 2 aromatic heterocycles. The van der Waals surface area contributed by atoms with Crippen molar-refractivity contribution >= 4 is 34.3 Å². The quantitative estimate of drug-likeness (QED) is 0.456. The fourth-order valence-corrected chi connectivity index (χ4v) is 4.69. The molecule has 4 aromatic rings. The molecule has 1 unspecified atom stereocenters. The lowest BCUT2D eigenvalue weighted by atomic mass is 9.89. The molecule has 9 heteroatoms. The van der Waals surface area contributed by atoms with Gasteiger partial charge in [0.15, 0.2) is 11.5 Å². The van der Waals surface area contributed by atoms with Crippen molar-refractivity contribution in [1.29, 1.82) is 0 Å². The van der Waals surface area contributed by atoms with Crippen LogP contribution in [-0.4, -0.2) is 33.0 Å². The molecule has 0 radical (unpaired) electrons. The highest BCUT2D eigenvalue weighted by Crippen LogP contribution is 2.46. The minimum atomic E-state index is -2.00. The van der Waals surface area contributed by atoms with E-state index in [4.69, 9.17) is 18.6 Å². The van der Waals surface area contributed by atoms with Crippen LogP contribution in [0.1, 0.15) is 23.3 Å². The molecule has 0 fully saturated rings. The predicted octanol–water partition coefficient (Wildman–Crippen LogP) is 3.84. The molecule has 0 bridgehead atoms. The van der Waals surface area contributed by atoms with Crippen LogP contribution in [0.15, 0.2) is 64.8 Å². The number of hydrogen-bond donors (Lipinski definition) is 1. The number of esters is 1. The van der Waals surface area contributed by atoms with Gasteiger partial charge >= 0.3 is 5.97 Å². The van der Waals surface area contributed by atoms with Gasteiger partial charge in [0.05, 0.1) is 36.8 Å². The summed E-state index contributed by atoms with van der Waals surface area (Å²) in [6.07, 6.45) is 2.48. The second-order valence-corrected chi connectivity index (χ2v) is 8.35. The van der Waals surface area contributed by atoms with Crippen LogP contribution in [0, 0.1) is 0 Å². The Labute approximate surface area is 192 Å². The molecule has 0 saturated heterocycles. The molecule has 1 atom stereocenters. The van der Waals surface area contributed by atoms with Crippen molar-refractivity contribution in [2.75, 3.05) is 13.2 Å². The lowest BCUT2D eigenvalue weighted by molar-refractivity contribution is -0.185. The number of rotatable bonds is 4. The molecule has 166 valence electrons. The van der Waals surface area contributed by atoms with Crippen LogP contribution in [0.4, 0.5) is 0 Å².